The van der Waals surface area contributed by atoms with E-state index in [0.29, 0.717) is 12.0 Å². The third kappa shape index (κ3) is 1.51. The summed E-state index contributed by atoms with van der Waals surface area (Å²) in [6.07, 6.45) is 2.53. The Morgan fingerprint density at radius 3 is 2.50 bits per heavy atom. The van der Waals surface area contributed by atoms with Crippen LogP contribution in [-0.2, 0) is 0 Å². The molecule has 0 amide bonds. The van der Waals surface area contributed by atoms with E-state index in [4.69, 9.17) is 5.11 Å². The second-order valence-electron chi connectivity index (χ2n) is 4.34. The smallest absolute Gasteiger partial charge is 0.0487 e. The van der Waals surface area contributed by atoms with E-state index in [9.17, 15) is 0 Å². The molecule has 2 atom stereocenters. The normalized spacial score (nSPS) is 38.7. The van der Waals surface area contributed by atoms with Gasteiger partial charge in [0.2, 0.25) is 0 Å². The highest BCUT2D eigenvalue weighted by Crippen LogP contribution is 2.54. The summed E-state index contributed by atoms with van der Waals surface area (Å²) in [5.41, 5.74) is 0.296. The first kappa shape index (κ1) is 8.06. The summed E-state index contributed by atoms with van der Waals surface area (Å²) in [5.74, 6) is 1.59. The van der Waals surface area contributed by atoms with Gasteiger partial charge in [-0.2, -0.15) is 0 Å². The molecule has 1 aliphatic rings. The van der Waals surface area contributed by atoms with E-state index >= 15 is 0 Å². The number of hydrogen-bond donors (Lipinski definition) is 1. The van der Waals surface area contributed by atoms with E-state index in [1.807, 2.05) is 0 Å². The van der Waals surface area contributed by atoms with Crippen LogP contribution in [0.2, 0.25) is 0 Å². The minimum Gasteiger partial charge on any atom is -0.396 e. The van der Waals surface area contributed by atoms with Crippen molar-refractivity contribution in [3.8, 4) is 0 Å². The summed E-state index contributed by atoms with van der Waals surface area (Å²) < 4.78 is 0. The summed E-state index contributed by atoms with van der Waals surface area (Å²) >= 11 is 0. The molecule has 0 aromatic carbocycles. The van der Waals surface area contributed by atoms with Crippen LogP contribution in [-0.4, -0.2) is 11.7 Å². The van der Waals surface area contributed by atoms with Crippen molar-refractivity contribution in [1.82, 2.24) is 0 Å². The van der Waals surface area contributed by atoms with Crippen molar-refractivity contribution in [1.29, 1.82) is 0 Å². The maximum Gasteiger partial charge on any atom is 0.0487 e. The van der Waals surface area contributed by atoms with Gasteiger partial charge in [0.15, 0.2) is 0 Å². The van der Waals surface area contributed by atoms with E-state index in [2.05, 4.69) is 20.8 Å². The lowest BCUT2D eigenvalue weighted by molar-refractivity contribution is 0.207. The zero-order valence-electron chi connectivity index (χ0n) is 7.22. The quantitative estimate of drug-likeness (QED) is 0.639. The van der Waals surface area contributed by atoms with Crippen LogP contribution in [0.3, 0.4) is 0 Å². The number of rotatable bonds is 3. The third-order valence-corrected chi connectivity index (χ3v) is 2.66. The van der Waals surface area contributed by atoms with Crippen LogP contribution in [0, 0.1) is 17.3 Å². The Balaban J connectivity index is 2.24. The van der Waals surface area contributed by atoms with Crippen molar-refractivity contribution in [2.75, 3.05) is 6.61 Å². The van der Waals surface area contributed by atoms with Gasteiger partial charge in [-0.3, -0.25) is 0 Å². The lowest BCUT2D eigenvalue weighted by Crippen LogP contribution is -2.05. The minimum absolute atomic E-state index is 0.296. The Morgan fingerprint density at radius 2 is 2.20 bits per heavy atom. The Labute approximate surface area is 63.4 Å². The molecule has 0 radical (unpaired) electrons. The van der Waals surface area contributed by atoms with Gasteiger partial charge in [-0.1, -0.05) is 20.8 Å². The Morgan fingerprint density at radius 1 is 1.60 bits per heavy atom. The predicted octanol–water partition coefficient (Wildman–Crippen LogP) is 2.05. The summed E-state index contributed by atoms with van der Waals surface area (Å²) in [6, 6.07) is 0. The molecule has 1 saturated carbocycles. The van der Waals surface area contributed by atoms with Crippen molar-refractivity contribution in [3.63, 3.8) is 0 Å². The largest absolute Gasteiger partial charge is 0.396 e. The van der Waals surface area contributed by atoms with E-state index < -0.39 is 0 Å². The summed E-state index contributed by atoms with van der Waals surface area (Å²) in [4.78, 5) is 0. The molecule has 0 unspecified atom stereocenters. The fourth-order valence-electron chi connectivity index (χ4n) is 1.63. The van der Waals surface area contributed by atoms with Crippen LogP contribution < -0.4 is 0 Å². The summed E-state index contributed by atoms with van der Waals surface area (Å²) in [5, 5.41) is 8.95. The first-order chi connectivity index (χ1) is 4.58. The third-order valence-electron chi connectivity index (χ3n) is 2.66. The molecule has 0 heterocycles. The van der Waals surface area contributed by atoms with Crippen LogP contribution in [0.4, 0.5) is 0 Å². The highest BCUT2D eigenvalue weighted by molar-refractivity contribution is 4.98. The molecule has 0 bridgehead atoms. The lowest BCUT2D eigenvalue weighted by atomic mass is 10.0. The molecule has 0 spiro atoms. The number of aliphatic hydroxyl groups is 1. The van der Waals surface area contributed by atoms with E-state index in [0.717, 1.165) is 11.8 Å². The molecule has 1 N–H and O–H groups in total. The Kier molecular flexibility index (Phi) is 2.04. The van der Waals surface area contributed by atoms with Crippen molar-refractivity contribution in [2.45, 2.75) is 33.6 Å². The van der Waals surface area contributed by atoms with Crippen LogP contribution in [0.15, 0.2) is 0 Å². The first-order valence-electron chi connectivity index (χ1n) is 4.19. The molecular weight excluding hydrogens is 124 g/mol. The van der Waals surface area contributed by atoms with Crippen molar-refractivity contribution < 1.29 is 5.11 Å². The molecule has 60 valence electrons. The number of hydrogen-bond acceptors (Lipinski definition) is 1. The average molecular weight is 142 g/mol. The van der Waals surface area contributed by atoms with Gasteiger partial charge >= 0.3 is 0 Å². The monoisotopic (exact) mass is 142 g/mol. The van der Waals surface area contributed by atoms with Crippen molar-refractivity contribution in [3.05, 3.63) is 0 Å². The molecule has 0 aromatic rings. The molecule has 0 aliphatic heterocycles. The van der Waals surface area contributed by atoms with Gasteiger partial charge in [-0.25, -0.2) is 0 Å². The zero-order chi connectivity index (χ0) is 7.78. The summed E-state index contributed by atoms with van der Waals surface area (Å²) in [6.45, 7) is 7.05. The molecule has 10 heavy (non-hydrogen) atoms. The second-order valence-corrected chi connectivity index (χ2v) is 4.34. The number of aliphatic hydroxyl groups excluding tert-OH is 1. The van der Waals surface area contributed by atoms with Gasteiger partial charge in [0.1, 0.15) is 0 Å². The van der Waals surface area contributed by atoms with Gasteiger partial charge in [-0.15, -0.1) is 0 Å². The van der Waals surface area contributed by atoms with E-state index in [-0.39, 0.29) is 0 Å². The van der Waals surface area contributed by atoms with Crippen molar-refractivity contribution in [2.24, 2.45) is 17.3 Å². The minimum atomic E-state index is 0.296. The molecule has 0 aromatic heterocycles. The molecule has 1 heteroatoms. The SMILES string of the molecule is CC(C)C[C@@H]1C[C@@]1(C)CO. The average Bonchev–Trinajstić information content (AvgIpc) is 2.43. The molecule has 1 nitrogen and oxygen atoms in total. The molecule has 0 saturated heterocycles. The van der Waals surface area contributed by atoms with Gasteiger partial charge in [-0.05, 0) is 30.1 Å². The van der Waals surface area contributed by atoms with Crippen LogP contribution in [0.1, 0.15) is 33.6 Å². The topological polar surface area (TPSA) is 20.2 Å². The maximum absolute atomic E-state index is 8.95. The molecule has 1 fully saturated rings. The van der Waals surface area contributed by atoms with E-state index in [1.54, 1.807) is 0 Å². The van der Waals surface area contributed by atoms with E-state index in [1.165, 1.54) is 12.8 Å². The molecular formula is C9H18O. The van der Waals surface area contributed by atoms with Gasteiger partial charge in [0, 0.05) is 6.61 Å². The van der Waals surface area contributed by atoms with Crippen LogP contribution in [0.25, 0.3) is 0 Å². The predicted molar refractivity (Wildman–Crippen MR) is 42.8 cm³/mol. The summed E-state index contributed by atoms with van der Waals surface area (Å²) in [7, 11) is 0. The van der Waals surface area contributed by atoms with Crippen LogP contribution >= 0.6 is 0 Å². The maximum atomic E-state index is 8.95. The lowest BCUT2D eigenvalue weighted by Gasteiger charge is -2.07. The first-order valence-corrected chi connectivity index (χ1v) is 4.19. The van der Waals surface area contributed by atoms with Crippen molar-refractivity contribution >= 4 is 0 Å². The standard InChI is InChI=1S/C9H18O/c1-7(2)4-8-5-9(8,3)6-10/h7-8,10H,4-6H2,1-3H3/t8-,9+/m1/s1. The van der Waals surface area contributed by atoms with Gasteiger partial charge in [0.25, 0.3) is 0 Å². The fraction of sp³-hybridized carbons (Fsp3) is 1.00. The highest BCUT2D eigenvalue weighted by Gasteiger charge is 2.48. The Hall–Kier alpha value is -0.0400. The fourth-order valence-corrected chi connectivity index (χ4v) is 1.63. The van der Waals surface area contributed by atoms with Gasteiger partial charge in [0.05, 0.1) is 0 Å². The van der Waals surface area contributed by atoms with Crippen LogP contribution in [0.5, 0.6) is 0 Å². The highest BCUT2D eigenvalue weighted by atomic mass is 16.3. The second kappa shape index (κ2) is 2.54. The zero-order valence-corrected chi connectivity index (χ0v) is 7.22. The molecule has 1 rings (SSSR count). The van der Waals surface area contributed by atoms with Gasteiger partial charge < -0.3 is 5.11 Å². The molecule has 1 aliphatic carbocycles. The Bertz CT molecular complexity index is 120.